The van der Waals surface area contributed by atoms with Crippen molar-refractivity contribution in [3.63, 3.8) is 0 Å². The van der Waals surface area contributed by atoms with Crippen molar-refractivity contribution < 1.29 is 4.39 Å². The summed E-state index contributed by atoms with van der Waals surface area (Å²) in [4.78, 5) is 0.0318. The van der Waals surface area contributed by atoms with Gasteiger partial charge < -0.3 is 0 Å². The van der Waals surface area contributed by atoms with E-state index in [1.54, 1.807) is 12.1 Å². The first-order valence-electron chi connectivity index (χ1n) is 5.34. The van der Waals surface area contributed by atoms with Crippen molar-refractivity contribution in [3.05, 3.63) is 67.9 Å². The van der Waals surface area contributed by atoms with Gasteiger partial charge >= 0.3 is 0 Å². The zero-order valence-corrected chi connectivity index (χ0v) is 14.3. The molecule has 0 N–H and O–H groups in total. The Kier molecular flexibility index (Phi) is 4.62. The average molecular weight is 437 g/mol. The molecule has 2 rings (SSSR count). The Hall–Kier alpha value is -0.190. The lowest BCUT2D eigenvalue weighted by Gasteiger charge is -2.14. The minimum Gasteiger partial charge on any atom is -0.206 e. The predicted molar refractivity (Wildman–Crippen MR) is 83.7 cm³/mol. The maximum Gasteiger partial charge on any atom is 0.137 e. The molecule has 0 aliphatic heterocycles. The fourth-order valence-corrected chi connectivity index (χ4v) is 3.80. The van der Waals surface area contributed by atoms with Gasteiger partial charge in [0.15, 0.2) is 0 Å². The molecule has 2 aromatic carbocycles. The van der Waals surface area contributed by atoms with E-state index in [2.05, 4.69) is 66.0 Å². The van der Waals surface area contributed by atoms with E-state index >= 15 is 0 Å². The quantitative estimate of drug-likeness (QED) is 0.496. The zero-order chi connectivity index (χ0) is 13.3. The molecule has 0 saturated heterocycles. The summed E-state index contributed by atoms with van der Waals surface area (Å²) in [5, 5.41) is 0. The Morgan fingerprint density at radius 2 is 1.72 bits per heavy atom. The van der Waals surface area contributed by atoms with Crippen LogP contribution in [-0.2, 0) is 0 Å². The summed E-state index contributed by atoms with van der Waals surface area (Å²) in [6.45, 7) is 2.05. The van der Waals surface area contributed by atoms with Gasteiger partial charge in [-0.15, -0.1) is 0 Å². The first kappa shape index (κ1) is 14.2. The molecule has 0 aromatic heterocycles. The van der Waals surface area contributed by atoms with Crippen LogP contribution in [0.1, 0.15) is 21.5 Å². The van der Waals surface area contributed by atoms with E-state index in [-0.39, 0.29) is 10.6 Å². The second-order valence-electron chi connectivity index (χ2n) is 4.06. The molecule has 0 radical (unpaired) electrons. The van der Waals surface area contributed by atoms with Crippen molar-refractivity contribution in [3.8, 4) is 0 Å². The standard InChI is InChI=1S/C14H10Br3F/c1-8-2-4-10(11(15)6-8)14(17)9-3-5-13(18)12(16)7-9/h2-7,14H,1H3. The van der Waals surface area contributed by atoms with Gasteiger partial charge in [-0.1, -0.05) is 50.1 Å². The molecule has 0 fully saturated rings. The van der Waals surface area contributed by atoms with Gasteiger partial charge in [0.1, 0.15) is 5.82 Å². The highest BCUT2D eigenvalue weighted by molar-refractivity contribution is 9.11. The molecule has 94 valence electrons. The van der Waals surface area contributed by atoms with Crippen LogP contribution in [0.5, 0.6) is 0 Å². The fourth-order valence-electron chi connectivity index (χ4n) is 1.69. The van der Waals surface area contributed by atoms with Crippen LogP contribution in [0.15, 0.2) is 45.3 Å². The van der Waals surface area contributed by atoms with Crippen molar-refractivity contribution in [2.45, 2.75) is 11.8 Å². The van der Waals surface area contributed by atoms with Crippen molar-refractivity contribution in [1.82, 2.24) is 0 Å². The second kappa shape index (κ2) is 5.85. The third-order valence-corrected chi connectivity index (χ3v) is 4.98. The van der Waals surface area contributed by atoms with Gasteiger partial charge in [0, 0.05) is 4.47 Å². The van der Waals surface area contributed by atoms with Crippen LogP contribution in [0.3, 0.4) is 0 Å². The Morgan fingerprint density at radius 3 is 2.33 bits per heavy atom. The van der Waals surface area contributed by atoms with Crippen LogP contribution in [-0.4, -0.2) is 0 Å². The van der Waals surface area contributed by atoms with Gasteiger partial charge in [0.2, 0.25) is 0 Å². The molecule has 0 aliphatic carbocycles. The molecule has 1 unspecified atom stereocenters. The molecule has 0 heterocycles. The number of alkyl halides is 1. The highest BCUT2D eigenvalue weighted by atomic mass is 79.9. The summed E-state index contributed by atoms with van der Waals surface area (Å²) in [5.41, 5.74) is 3.33. The van der Waals surface area contributed by atoms with E-state index in [0.29, 0.717) is 4.47 Å². The highest BCUT2D eigenvalue weighted by Gasteiger charge is 2.14. The summed E-state index contributed by atoms with van der Waals surface area (Å²) >= 11 is 10.4. The molecule has 2 aromatic rings. The Balaban J connectivity index is 2.41. The maximum atomic E-state index is 13.2. The van der Waals surface area contributed by atoms with Crippen LogP contribution >= 0.6 is 47.8 Å². The van der Waals surface area contributed by atoms with Gasteiger partial charge in [0.05, 0.1) is 9.30 Å². The summed E-state index contributed by atoms with van der Waals surface area (Å²) in [6, 6.07) is 11.2. The van der Waals surface area contributed by atoms with Gasteiger partial charge in [-0.2, -0.15) is 0 Å². The topological polar surface area (TPSA) is 0 Å². The van der Waals surface area contributed by atoms with Crippen LogP contribution < -0.4 is 0 Å². The first-order chi connectivity index (χ1) is 8.49. The molecule has 0 spiro atoms. The largest absolute Gasteiger partial charge is 0.206 e. The summed E-state index contributed by atoms with van der Waals surface area (Å²) in [5.74, 6) is -0.249. The van der Waals surface area contributed by atoms with E-state index in [0.717, 1.165) is 15.6 Å². The van der Waals surface area contributed by atoms with Gasteiger partial charge in [-0.25, -0.2) is 4.39 Å². The highest BCUT2D eigenvalue weighted by Crippen LogP contribution is 2.36. The molecule has 0 nitrogen and oxygen atoms in total. The summed E-state index contributed by atoms with van der Waals surface area (Å²) < 4.78 is 14.8. The molecule has 0 aliphatic rings. The molecule has 0 bridgehead atoms. The van der Waals surface area contributed by atoms with Crippen molar-refractivity contribution >= 4 is 47.8 Å². The number of hydrogen-bond acceptors (Lipinski definition) is 0. The molecule has 4 heteroatoms. The van der Waals surface area contributed by atoms with E-state index in [1.165, 1.54) is 11.6 Å². The third-order valence-electron chi connectivity index (χ3n) is 2.67. The lowest BCUT2D eigenvalue weighted by Crippen LogP contribution is -1.95. The Morgan fingerprint density at radius 1 is 1.00 bits per heavy atom. The summed E-state index contributed by atoms with van der Waals surface area (Å²) in [6.07, 6.45) is 0. The maximum absolute atomic E-state index is 13.2. The Labute approximate surface area is 131 Å². The number of aryl methyl sites for hydroxylation is 1. The minimum atomic E-state index is -0.249. The van der Waals surface area contributed by atoms with Crippen molar-refractivity contribution in [2.24, 2.45) is 0 Å². The molecule has 1 atom stereocenters. The fraction of sp³-hybridized carbons (Fsp3) is 0.143. The molecular weight excluding hydrogens is 427 g/mol. The van der Waals surface area contributed by atoms with Crippen molar-refractivity contribution in [1.29, 1.82) is 0 Å². The molecular formula is C14H10Br3F. The monoisotopic (exact) mass is 434 g/mol. The smallest absolute Gasteiger partial charge is 0.137 e. The number of benzene rings is 2. The van der Waals surface area contributed by atoms with E-state index in [4.69, 9.17) is 0 Å². The van der Waals surface area contributed by atoms with Gasteiger partial charge in [0.25, 0.3) is 0 Å². The lowest BCUT2D eigenvalue weighted by atomic mass is 10.0. The Bertz CT molecular complexity index is 581. The molecule has 0 saturated carbocycles. The van der Waals surface area contributed by atoms with Crippen LogP contribution in [0.2, 0.25) is 0 Å². The van der Waals surface area contributed by atoms with E-state index < -0.39 is 0 Å². The normalized spacial score (nSPS) is 12.5. The zero-order valence-electron chi connectivity index (χ0n) is 9.55. The van der Waals surface area contributed by atoms with Gasteiger partial charge in [-0.3, -0.25) is 0 Å². The number of rotatable bonds is 2. The lowest BCUT2D eigenvalue weighted by molar-refractivity contribution is 0.620. The van der Waals surface area contributed by atoms with E-state index in [1.807, 2.05) is 6.92 Å². The molecule has 0 amide bonds. The first-order valence-corrected chi connectivity index (χ1v) is 7.84. The SMILES string of the molecule is Cc1ccc(C(Br)c2ccc(F)c(Br)c2)c(Br)c1. The van der Waals surface area contributed by atoms with Crippen LogP contribution in [0.4, 0.5) is 4.39 Å². The summed E-state index contributed by atoms with van der Waals surface area (Å²) in [7, 11) is 0. The van der Waals surface area contributed by atoms with Crippen LogP contribution in [0.25, 0.3) is 0 Å². The predicted octanol–water partition coefficient (Wildman–Crippen LogP) is 6.14. The third kappa shape index (κ3) is 3.03. The van der Waals surface area contributed by atoms with E-state index in [9.17, 15) is 4.39 Å². The van der Waals surface area contributed by atoms with Crippen LogP contribution in [0, 0.1) is 12.7 Å². The second-order valence-corrected chi connectivity index (χ2v) is 6.69. The average Bonchev–Trinajstić information content (AvgIpc) is 2.32. The van der Waals surface area contributed by atoms with Gasteiger partial charge in [-0.05, 0) is 57.7 Å². The molecule has 18 heavy (non-hydrogen) atoms. The minimum absolute atomic E-state index is 0.0318. The number of halogens is 4. The number of hydrogen-bond donors (Lipinski definition) is 0. The van der Waals surface area contributed by atoms with Crippen molar-refractivity contribution in [2.75, 3.05) is 0 Å².